The fourth-order valence-electron chi connectivity index (χ4n) is 3.58. The number of hydrogen-bond acceptors (Lipinski definition) is 10. The summed E-state index contributed by atoms with van der Waals surface area (Å²) in [5, 5.41) is 69.8. The second kappa shape index (κ2) is 8.89. The largest absolute Gasteiger partial charge is 0.507 e. The average molecular weight is 463 g/mol. The van der Waals surface area contributed by atoms with Crippen LogP contribution < -0.4 is 9.47 Å². The number of rotatable bonds is 5. The summed E-state index contributed by atoms with van der Waals surface area (Å²) in [6.45, 7) is -0.640. The normalized spacial score (nSPS) is 25.2. The molecule has 1 aliphatic heterocycles. The molecular weight excluding hydrogens is 440 g/mol. The summed E-state index contributed by atoms with van der Waals surface area (Å²) in [5.41, 5.74) is 0.449. The van der Waals surface area contributed by atoms with E-state index in [0.717, 1.165) is 0 Å². The number of phenolic OH excluding ortho intramolecular Hbond substituents is 3. The van der Waals surface area contributed by atoms with Crippen LogP contribution in [0.2, 0.25) is 0 Å². The van der Waals surface area contributed by atoms with Crippen molar-refractivity contribution in [2.24, 2.45) is 0 Å². The standard InChI is InChI=1S/C22H22O11/c1-30-14-5-10(24)6-15-11(14)7-16(21(31-15)9-2-3-12(25)13(26)4-9)32-22-20(29)19(28)18(27)17(8-23)33-22/h2-7,17-20,22-23,27-29H,8H2,1H3,(H2-,24,25,26)/p+1/t17-,18+,19+,20-,22-/m1/s1. The summed E-state index contributed by atoms with van der Waals surface area (Å²) in [6, 6.07) is 8.02. The first-order valence-electron chi connectivity index (χ1n) is 9.91. The second-order valence-electron chi connectivity index (χ2n) is 7.52. The van der Waals surface area contributed by atoms with Crippen LogP contribution in [-0.2, 0) is 4.74 Å². The number of aliphatic hydroxyl groups is 4. The van der Waals surface area contributed by atoms with Crippen LogP contribution in [-0.4, -0.2) is 80.2 Å². The van der Waals surface area contributed by atoms with Crippen LogP contribution in [0.15, 0.2) is 40.8 Å². The van der Waals surface area contributed by atoms with E-state index in [9.17, 15) is 35.7 Å². The predicted molar refractivity (Wildman–Crippen MR) is 112 cm³/mol. The maximum absolute atomic E-state index is 10.4. The summed E-state index contributed by atoms with van der Waals surface area (Å²) >= 11 is 0. The molecule has 0 radical (unpaired) electrons. The van der Waals surface area contributed by atoms with E-state index >= 15 is 0 Å². The highest BCUT2D eigenvalue weighted by Crippen LogP contribution is 2.42. The van der Waals surface area contributed by atoms with Gasteiger partial charge in [-0.3, -0.25) is 0 Å². The van der Waals surface area contributed by atoms with Crippen molar-refractivity contribution in [1.82, 2.24) is 0 Å². The van der Waals surface area contributed by atoms with Crippen molar-refractivity contribution in [2.75, 3.05) is 13.7 Å². The molecule has 11 heteroatoms. The van der Waals surface area contributed by atoms with E-state index in [-0.39, 0.29) is 39.9 Å². The van der Waals surface area contributed by atoms with Crippen LogP contribution in [0.5, 0.6) is 28.7 Å². The van der Waals surface area contributed by atoms with Gasteiger partial charge in [-0.25, -0.2) is 4.42 Å². The zero-order valence-electron chi connectivity index (χ0n) is 17.3. The van der Waals surface area contributed by atoms with Gasteiger partial charge in [-0.15, -0.1) is 0 Å². The molecule has 7 N–H and O–H groups in total. The van der Waals surface area contributed by atoms with E-state index in [4.69, 9.17) is 18.6 Å². The Morgan fingerprint density at radius 3 is 2.33 bits per heavy atom. The minimum Gasteiger partial charge on any atom is -0.507 e. The first kappa shape index (κ1) is 22.8. The molecule has 2 aromatic carbocycles. The molecule has 4 rings (SSSR count). The molecule has 0 amide bonds. The van der Waals surface area contributed by atoms with Gasteiger partial charge in [-0.2, -0.15) is 0 Å². The highest BCUT2D eigenvalue weighted by molar-refractivity contribution is 5.89. The number of benzene rings is 2. The van der Waals surface area contributed by atoms with E-state index in [1.807, 2.05) is 0 Å². The fourth-order valence-corrected chi connectivity index (χ4v) is 3.58. The first-order valence-corrected chi connectivity index (χ1v) is 9.91. The Kier molecular flexibility index (Phi) is 6.15. The SMILES string of the molecule is COc1cc(O)cc2[o+]c(-c3ccc(O)c(O)c3)c(O[C@@H]3O[C@H](CO)[C@H](O)[C@H](O)[C@H]3O)cc12. The Hall–Kier alpha value is -3.35. The summed E-state index contributed by atoms with van der Waals surface area (Å²) in [4.78, 5) is 0. The lowest BCUT2D eigenvalue weighted by Crippen LogP contribution is -2.60. The molecular formula is C22H23O11+. The number of methoxy groups -OCH3 is 1. The van der Waals surface area contributed by atoms with Crippen molar-refractivity contribution < 1.29 is 54.4 Å². The lowest BCUT2D eigenvalue weighted by Gasteiger charge is -2.39. The van der Waals surface area contributed by atoms with Crippen LogP contribution in [0.4, 0.5) is 0 Å². The molecule has 5 atom stereocenters. The molecule has 1 aromatic heterocycles. The zero-order valence-corrected chi connectivity index (χ0v) is 17.3. The highest BCUT2D eigenvalue weighted by atomic mass is 16.7. The molecule has 0 spiro atoms. The number of aliphatic hydroxyl groups excluding tert-OH is 4. The molecule has 0 aliphatic carbocycles. The molecule has 1 saturated heterocycles. The Balaban J connectivity index is 1.86. The van der Waals surface area contributed by atoms with Crippen molar-refractivity contribution in [2.45, 2.75) is 30.7 Å². The van der Waals surface area contributed by atoms with Crippen LogP contribution in [0, 0.1) is 0 Å². The van der Waals surface area contributed by atoms with Gasteiger partial charge in [0.2, 0.25) is 12.0 Å². The molecule has 1 fully saturated rings. The monoisotopic (exact) mass is 463 g/mol. The molecule has 11 nitrogen and oxygen atoms in total. The van der Waals surface area contributed by atoms with Gasteiger partial charge in [0.1, 0.15) is 41.3 Å². The van der Waals surface area contributed by atoms with Crippen LogP contribution in [0.1, 0.15) is 0 Å². The summed E-state index contributed by atoms with van der Waals surface area (Å²) in [6.07, 6.45) is -7.62. The van der Waals surface area contributed by atoms with Crippen molar-refractivity contribution >= 4 is 11.0 Å². The molecule has 0 saturated carbocycles. The highest BCUT2D eigenvalue weighted by Gasteiger charge is 2.45. The predicted octanol–water partition coefficient (Wildman–Crippen LogP) is 0.685. The van der Waals surface area contributed by atoms with Crippen molar-refractivity contribution in [3.8, 4) is 40.1 Å². The van der Waals surface area contributed by atoms with Gasteiger partial charge in [-0.1, -0.05) is 0 Å². The van der Waals surface area contributed by atoms with Crippen molar-refractivity contribution in [1.29, 1.82) is 0 Å². The Morgan fingerprint density at radius 1 is 0.909 bits per heavy atom. The van der Waals surface area contributed by atoms with Crippen molar-refractivity contribution in [3.63, 3.8) is 0 Å². The maximum atomic E-state index is 10.4. The summed E-state index contributed by atoms with van der Waals surface area (Å²) in [5.74, 6) is -0.702. The Labute approximate surface area is 186 Å². The number of aromatic hydroxyl groups is 3. The summed E-state index contributed by atoms with van der Waals surface area (Å²) < 4.78 is 22.4. The lowest BCUT2D eigenvalue weighted by atomic mass is 9.99. The third-order valence-corrected chi connectivity index (χ3v) is 5.35. The van der Waals surface area contributed by atoms with E-state index < -0.39 is 43.1 Å². The zero-order chi connectivity index (χ0) is 23.9. The van der Waals surface area contributed by atoms with Gasteiger partial charge in [0.15, 0.2) is 11.5 Å². The molecule has 176 valence electrons. The van der Waals surface area contributed by atoms with Gasteiger partial charge >= 0.3 is 11.3 Å². The quantitative estimate of drug-likeness (QED) is 0.209. The molecule has 2 heterocycles. The van der Waals surface area contributed by atoms with Crippen LogP contribution in [0.3, 0.4) is 0 Å². The molecule has 0 unspecified atom stereocenters. The third kappa shape index (κ3) is 4.19. The summed E-state index contributed by atoms with van der Waals surface area (Å²) in [7, 11) is 1.39. The van der Waals surface area contributed by atoms with E-state index in [2.05, 4.69) is 0 Å². The lowest BCUT2D eigenvalue weighted by molar-refractivity contribution is -0.277. The minimum atomic E-state index is -1.68. The van der Waals surface area contributed by atoms with E-state index in [0.29, 0.717) is 5.39 Å². The molecule has 1 aliphatic rings. The number of hydrogen-bond donors (Lipinski definition) is 7. The Bertz CT molecular complexity index is 1160. The van der Waals surface area contributed by atoms with Gasteiger partial charge in [0, 0.05) is 18.2 Å². The van der Waals surface area contributed by atoms with Crippen molar-refractivity contribution in [3.05, 3.63) is 36.4 Å². The fraction of sp³-hybridized carbons (Fsp3) is 0.318. The average Bonchev–Trinajstić information content (AvgIpc) is 2.80. The van der Waals surface area contributed by atoms with E-state index in [1.165, 1.54) is 43.5 Å². The van der Waals surface area contributed by atoms with Gasteiger partial charge in [0.25, 0.3) is 0 Å². The topological polar surface area (TPSA) is 181 Å². The van der Waals surface area contributed by atoms with Gasteiger partial charge in [0.05, 0.1) is 25.3 Å². The smallest absolute Gasteiger partial charge is 0.402 e. The van der Waals surface area contributed by atoms with Gasteiger partial charge < -0.3 is 50.0 Å². The van der Waals surface area contributed by atoms with E-state index in [1.54, 1.807) is 0 Å². The number of ether oxygens (including phenoxy) is 3. The number of fused-ring (bicyclic) bond motifs is 1. The third-order valence-electron chi connectivity index (χ3n) is 5.35. The molecule has 0 bridgehead atoms. The second-order valence-corrected chi connectivity index (χ2v) is 7.52. The van der Waals surface area contributed by atoms with Crippen LogP contribution >= 0.6 is 0 Å². The molecule has 3 aromatic rings. The molecule has 33 heavy (non-hydrogen) atoms. The number of phenols is 3. The Morgan fingerprint density at radius 2 is 1.67 bits per heavy atom. The van der Waals surface area contributed by atoms with Crippen LogP contribution in [0.25, 0.3) is 22.3 Å². The maximum Gasteiger partial charge on any atom is 0.402 e. The first-order chi connectivity index (χ1) is 15.7. The van der Waals surface area contributed by atoms with Gasteiger partial charge in [-0.05, 0) is 12.1 Å². The minimum absolute atomic E-state index is 0.0161.